The molecule has 2 N–H and O–H groups in total. The van der Waals surface area contributed by atoms with Crippen molar-refractivity contribution in [1.29, 1.82) is 0 Å². The fourth-order valence-corrected chi connectivity index (χ4v) is 3.98. The zero-order valence-electron chi connectivity index (χ0n) is 10.4. The highest BCUT2D eigenvalue weighted by Crippen LogP contribution is 2.23. The van der Waals surface area contributed by atoms with Gasteiger partial charge in [0.25, 0.3) is 0 Å². The second kappa shape index (κ2) is 5.78. The Morgan fingerprint density at radius 1 is 1.29 bits per heavy atom. The van der Waals surface area contributed by atoms with Crippen LogP contribution in [0.25, 0.3) is 0 Å². The summed E-state index contributed by atoms with van der Waals surface area (Å²) in [5, 5.41) is 0.357. The van der Waals surface area contributed by atoms with Crippen LogP contribution >= 0.6 is 0 Å². The standard InChI is InChI=1S/C14H21NOS/c1-11-3-2-4-12(9-11)10-17(16)14-7-5-13(15)6-8-14/h2-4,9,13-14H,5-8,10,15H2,1H3. The van der Waals surface area contributed by atoms with Gasteiger partial charge in [0.05, 0.1) is 0 Å². The Bertz CT molecular complexity index is 397. The lowest BCUT2D eigenvalue weighted by molar-refractivity contribution is 0.444. The smallest absolute Gasteiger partial charge is 0.0488 e. The van der Waals surface area contributed by atoms with Crippen molar-refractivity contribution in [1.82, 2.24) is 0 Å². The molecule has 2 rings (SSSR count). The van der Waals surface area contributed by atoms with Gasteiger partial charge >= 0.3 is 0 Å². The van der Waals surface area contributed by atoms with Crippen molar-refractivity contribution in [3.05, 3.63) is 35.4 Å². The van der Waals surface area contributed by atoms with Gasteiger partial charge in [-0.05, 0) is 38.2 Å². The Labute approximate surface area is 106 Å². The quantitative estimate of drug-likeness (QED) is 0.897. The van der Waals surface area contributed by atoms with Crippen LogP contribution in [0.5, 0.6) is 0 Å². The van der Waals surface area contributed by atoms with Gasteiger partial charge in [-0.25, -0.2) is 0 Å². The van der Waals surface area contributed by atoms with Crippen molar-refractivity contribution in [2.75, 3.05) is 0 Å². The summed E-state index contributed by atoms with van der Waals surface area (Å²) >= 11 is 0. The first-order valence-corrected chi connectivity index (χ1v) is 7.71. The molecule has 0 saturated heterocycles. The minimum absolute atomic E-state index is 0.335. The third-order valence-electron chi connectivity index (χ3n) is 3.48. The molecular formula is C14H21NOS. The van der Waals surface area contributed by atoms with Crippen LogP contribution < -0.4 is 5.73 Å². The first-order chi connectivity index (χ1) is 8.15. The first kappa shape index (κ1) is 12.8. The fraction of sp³-hybridized carbons (Fsp3) is 0.571. The minimum Gasteiger partial charge on any atom is -0.328 e. The lowest BCUT2D eigenvalue weighted by Crippen LogP contribution is -2.31. The molecule has 1 aromatic rings. The lowest BCUT2D eigenvalue weighted by Gasteiger charge is -2.25. The van der Waals surface area contributed by atoms with Crippen LogP contribution in [0.1, 0.15) is 36.8 Å². The van der Waals surface area contributed by atoms with E-state index in [9.17, 15) is 4.21 Å². The maximum atomic E-state index is 12.3. The molecule has 17 heavy (non-hydrogen) atoms. The van der Waals surface area contributed by atoms with Crippen LogP contribution in [0.4, 0.5) is 0 Å². The normalized spacial score (nSPS) is 26.7. The van der Waals surface area contributed by atoms with E-state index in [2.05, 4.69) is 25.1 Å². The zero-order chi connectivity index (χ0) is 12.3. The third kappa shape index (κ3) is 3.65. The molecule has 1 aromatic carbocycles. The second-order valence-corrected chi connectivity index (χ2v) is 6.77. The summed E-state index contributed by atoms with van der Waals surface area (Å²) in [5.41, 5.74) is 8.30. The van der Waals surface area contributed by atoms with Crippen LogP contribution in [-0.4, -0.2) is 15.5 Å². The number of benzene rings is 1. The molecule has 0 aliphatic heterocycles. The molecule has 1 saturated carbocycles. The third-order valence-corrected chi connectivity index (χ3v) is 5.31. The van der Waals surface area contributed by atoms with E-state index in [4.69, 9.17) is 5.73 Å². The van der Waals surface area contributed by atoms with Crippen molar-refractivity contribution in [3.63, 3.8) is 0 Å². The summed E-state index contributed by atoms with van der Waals surface area (Å²) in [6.07, 6.45) is 4.12. The second-order valence-electron chi connectivity index (χ2n) is 5.05. The molecule has 2 nitrogen and oxygen atoms in total. The SMILES string of the molecule is Cc1cccc(CS(=O)C2CCC(N)CC2)c1. The summed E-state index contributed by atoms with van der Waals surface area (Å²) in [5.74, 6) is 0.696. The average Bonchev–Trinajstić information content (AvgIpc) is 2.29. The van der Waals surface area contributed by atoms with E-state index in [0.717, 1.165) is 25.7 Å². The van der Waals surface area contributed by atoms with Gasteiger partial charge in [0, 0.05) is 27.8 Å². The molecule has 1 unspecified atom stereocenters. The van der Waals surface area contributed by atoms with Gasteiger partial charge in [-0.2, -0.15) is 0 Å². The lowest BCUT2D eigenvalue weighted by atomic mass is 9.96. The Balaban J connectivity index is 1.93. The van der Waals surface area contributed by atoms with Crippen molar-refractivity contribution in [2.24, 2.45) is 5.73 Å². The van der Waals surface area contributed by atoms with E-state index in [1.165, 1.54) is 11.1 Å². The topological polar surface area (TPSA) is 43.1 Å². The average molecular weight is 251 g/mol. The molecule has 0 amide bonds. The van der Waals surface area contributed by atoms with Crippen molar-refractivity contribution in [2.45, 2.75) is 49.7 Å². The van der Waals surface area contributed by atoms with Crippen LogP contribution in [0.2, 0.25) is 0 Å². The summed E-state index contributed by atoms with van der Waals surface area (Å²) in [6, 6.07) is 8.65. The van der Waals surface area contributed by atoms with Gasteiger partial charge in [-0.1, -0.05) is 29.8 Å². The monoisotopic (exact) mass is 251 g/mol. The molecule has 1 fully saturated rings. The maximum Gasteiger partial charge on any atom is 0.0488 e. The van der Waals surface area contributed by atoms with Gasteiger partial charge in [-0.3, -0.25) is 4.21 Å². The maximum absolute atomic E-state index is 12.3. The predicted octanol–water partition coefficient (Wildman–Crippen LogP) is 2.51. The van der Waals surface area contributed by atoms with Gasteiger partial charge in [0.1, 0.15) is 0 Å². The van der Waals surface area contributed by atoms with Crippen LogP contribution in [-0.2, 0) is 16.6 Å². The van der Waals surface area contributed by atoms with Gasteiger partial charge < -0.3 is 5.73 Å². The molecule has 0 bridgehead atoms. The number of hydrogen-bond acceptors (Lipinski definition) is 2. The van der Waals surface area contributed by atoms with E-state index in [1.807, 2.05) is 6.07 Å². The van der Waals surface area contributed by atoms with E-state index >= 15 is 0 Å². The van der Waals surface area contributed by atoms with Crippen LogP contribution in [0, 0.1) is 6.92 Å². The molecule has 0 heterocycles. The van der Waals surface area contributed by atoms with Gasteiger partial charge in [-0.15, -0.1) is 0 Å². The number of nitrogens with two attached hydrogens (primary N) is 1. The number of aryl methyl sites for hydroxylation is 1. The summed E-state index contributed by atoms with van der Waals surface area (Å²) < 4.78 is 12.3. The van der Waals surface area contributed by atoms with Crippen molar-refractivity contribution >= 4 is 10.8 Å². The summed E-state index contributed by atoms with van der Waals surface area (Å²) in [6.45, 7) is 2.08. The molecule has 0 aromatic heterocycles. The minimum atomic E-state index is -0.736. The molecule has 0 radical (unpaired) electrons. The summed E-state index contributed by atoms with van der Waals surface area (Å²) in [4.78, 5) is 0. The fourth-order valence-electron chi connectivity index (χ4n) is 2.44. The van der Waals surface area contributed by atoms with E-state index in [1.54, 1.807) is 0 Å². The zero-order valence-corrected chi connectivity index (χ0v) is 11.2. The van der Waals surface area contributed by atoms with Crippen LogP contribution in [0.15, 0.2) is 24.3 Å². The molecule has 94 valence electrons. The number of rotatable bonds is 3. The summed E-state index contributed by atoms with van der Waals surface area (Å²) in [7, 11) is -0.736. The van der Waals surface area contributed by atoms with E-state index in [-0.39, 0.29) is 0 Å². The predicted molar refractivity (Wildman–Crippen MR) is 73.3 cm³/mol. The Morgan fingerprint density at radius 3 is 2.65 bits per heavy atom. The highest BCUT2D eigenvalue weighted by atomic mass is 32.2. The van der Waals surface area contributed by atoms with Crippen molar-refractivity contribution in [3.8, 4) is 0 Å². The largest absolute Gasteiger partial charge is 0.328 e. The molecule has 3 heteroatoms. The molecule has 1 atom stereocenters. The van der Waals surface area contributed by atoms with E-state index < -0.39 is 10.8 Å². The highest BCUT2D eigenvalue weighted by molar-refractivity contribution is 7.84. The Hall–Kier alpha value is -0.670. The molecule has 1 aliphatic rings. The first-order valence-electron chi connectivity index (χ1n) is 6.33. The van der Waals surface area contributed by atoms with Gasteiger partial charge in [0.2, 0.25) is 0 Å². The van der Waals surface area contributed by atoms with E-state index in [0.29, 0.717) is 17.0 Å². The molecule has 0 spiro atoms. The number of hydrogen-bond donors (Lipinski definition) is 1. The van der Waals surface area contributed by atoms with Crippen LogP contribution in [0.3, 0.4) is 0 Å². The Kier molecular flexibility index (Phi) is 4.35. The van der Waals surface area contributed by atoms with Gasteiger partial charge in [0.15, 0.2) is 0 Å². The molecule has 1 aliphatic carbocycles. The molecular weight excluding hydrogens is 230 g/mol. The Morgan fingerprint density at radius 2 is 2.00 bits per heavy atom. The highest BCUT2D eigenvalue weighted by Gasteiger charge is 2.23. The van der Waals surface area contributed by atoms with Crippen molar-refractivity contribution < 1.29 is 4.21 Å².